The molecule has 1 amide bonds. The van der Waals surface area contributed by atoms with Crippen LogP contribution in [0.4, 0.5) is 26.3 Å². The summed E-state index contributed by atoms with van der Waals surface area (Å²) < 4.78 is 118. The summed E-state index contributed by atoms with van der Waals surface area (Å²) in [4.78, 5) is 11.6. The van der Waals surface area contributed by atoms with Crippen molar-refractivity contribution < 1.29 is 52.5 Å². The number of nitrogens with zero attached hydrogens (tertiary/aromatic N) is 2. The summed E-state index contributed by atoms with van der Waals surface area (Å²) in [5.74, 6) is -2.46. The van der Waals surface area contributed by atoms with E-state index < -0.39 is 47.2 Å². The predicted molar refractivity (Wildman–Crippen MR) is 63.4 cm³/mol. The van der Waals surface area contributed by atoms with E-state index in [4.69, 9.17) is 0 Å². The molecule has 0 aliphatic carbocycles. The molecule has 15 heteroatoms. The van der Waals surface area contributed by atoms with Crippen molar-refractivity contribution in [2.75, 3.05) is 0 Å². The third-order valence-electron chi connectivity index (χ3n) is 2.32. The van der Waals surface area contributed by atoms with Crippen LogP contribution in [-0.2, 0) is 31.4 Å². The molecule has 0 saturated carbocycles. The number of alkyl halides is 6. The van der Waals surface area contributed by atoms with Crippen molar-refractivity contribution in [2.45, 2.75) is 17.6 Å². The first-order valence-corrected chi connectivity index (χ1v) is 8.40. The van der Waals surface area contributed by atoms with Crippen LogP contribution in [0.25, 0.3) is 0 Å². The van der Waals surface area contributed by atoms with E-state index in [0.29, 0.717) is 4.57 Å². The van der Waals surface area contributed by atoms with Crippen LogP contribution < -0.4 is 4.57 Å². The maximum Gasteiger partial charge on any atom is 0.517 e. The Labute approximate surface area is 131 Å². The van der Waals surface area contributed by atoms with Gasteiger partial charge in [0.15, 0.2) is 12.4 Å². The van der Waals surface area contributed by atoms with Gasteiger partial charge in [0.05, 0.1) is 0 Å². The summed E-state index contributed by atoms with van der Waals surface area (Å²) in [5.41, 5.74) is -12.9. The van der Waals surface area contributed by atoms with E-state index in [-0.39, 0.29) is 0 Å². The van der Waals surface area contributed by atoms with Gasteiger partial charge in [-0.2, -0.15) is 47.7 Å². The molecule has 0 atom stereocenters. The van der Waals surface area contributed by atoms with Gasteiger partial charge in [-0.05, 0) is 0 Å². The van der Waals surface area contributed by atoms with Gasteiger partial charge in [0.1, 0.15) is 0 Å². The molecule has 0 bridgehead atoms. The highest BCUT2D eigenvalue weighted by atomic mass is 32.3. The number of carbonyl (C=O) groups is 1. The summed E-state index contributed by atoms with van der Waals surface area (Å²) in [6, 6.07) is 3.81. The first-order chi connectivity index (χ1) is 10.6. The van der Waals surface area contributed by atoms with Crippen LogP contribution in [-0.4, -0.2) is 37.5 Å². The van der Waals surface area contributed by atoms with Crippen LogP contribution in [0, 0.1) is 0 Å². The quantitative estimate of drug-likeness (QED) is 0.541. The summed E-state index contributed by atoms with van der Waals surface area (Å²) in [5, 5.41) is 0. The molecule has 1 heterocycles. The number of aromatic nitrogens is 1. The van der Waals surface area contributed by atoms with E-state index in [9.17, 15) is 48.0 Å². The summed E-state index contributed by atoms with van der Waals surface area (Å²) in [6.07, 6.45) is 1.99. The fourth-order valence-corrected chi connectivity index (χ4v) is 3.91. The summed E-state index contributed by atoms with van der Waals surface area (Å²) >= 11 is 0. The molecule has 1 aromatic heterocycles. The van der Waals surface area contributed by atoms with E-state index in [1.807, 2.05) is 0 Å². The van der Waals surface area contributed by atoms with Crippen molar-refractivity contribution in [1.82, 2.24) is 3.71 Å². The van der Waals surface area contributed by atoms with Gasteiger partial charge in [0.2, 0.25) is 6.54 Å². The number of hydrogen-bond acceptors (Lipinski definition) is 5. The van der Waals surface area contributed by atoms with E-state index in [2.05, 4.69) is 0 Å². The van der Waals surface area contributed by atoms with Crippen molar-refractivity contribution in [3.05, 3.63) is 30.6 Å². The Kier molecular flexibility index (Phi) is 5.20. The minimum atomic E-state index is -7.14. The second kappa shape index (κ2) is 6.19. The van der Waals surface area contributed by atoms with Crippen LogP contribution in [0.5, 0.6) is 0 Å². The lowest BCUT2D eigenvalue weighted by atomic mass is 10.5. The predicted octanol–water partition coefficient (Wildman–Crippen LogP) is 0.502. The lowest BCUT2D eigenvalue weighted by Gasteiger charge is -2.22. The molecule has 0 spiro atoms. The van der Waals surface area contributed by atoms with Crippen molar-refractivity contribution in [2.24, 2.45) is 0 Å². The van der Waals surface area contributed by atoms with Gasteiger partial charge in [0.25, 0.3) is 0 Å². The number of rotatable bonds is 4. The maximum atomic E-state index is 12.5. The molecule has 0 unspecified atom stereocenters. The second-order valence-corrected chi connectivity index (χ2v) is 7.83. The smallest absolute Gasteiger partial charge is 0.265 e. The van der Waals surface area contributed by atoms with Gasteiger partial charge < -0.3 is 0 Å². The third kappa shape index (κ3) is 3.77. The number of carbonyl (C=O) groups excluding carboxylic acids is 1. The summed E-state index contributed by atoms with van der Waals surface area (Å²) in [7, 11) is -14.3. The average molecular weight is 401 g/mol. The molecule has 136 valence electrons. The number of amides is 1. The molecular formula is C9H7F6N2O5S2+. The van der Waals surface area contributed by atoms with Crippen molar-refractivity contribution in [3.8, 4) is 0 Å². The molecule has 0 saturated heterocycles. The van der Waals surface area contributed by atoms with E-state index >= 15 is 0 Å². The molecule has 0 aliphatic rings. The van der Waals surface area contributed by atoms with Crippen LogP contribution >= 0.6 is 0 Å². The molecule has 0 N–H and O–H groups in total. The van der Waals surface area contributed by atoms with Crippen LogP contribution in [0.3, 0.4) is 0 Å². The first-order valence-electron chi connectivity index (χ1n) is 5.52. The molecule has 0 aliphatic heterocycles. The Morgan fingerprint density at radius 3 is 1.54 bits per heavy atom. The van der Waals surface area contributed by atoms with Gasteiger partial charge in [-0.1, -0.05) is 6.07 Å². The van der Waals surface area contributed by atoms with E-state index in [1.165, 1.54) is 18.2 Å². The molecule has 7 nitrogen and oxygen atoms in total. The van der Waals surface area contributed by atoms with Gasteiger partial charge in [-0.15, -0.1) is 3.71 Å². The van der Waals surface area contributed by atoms with Gasteiger partial charge in [-0.3, -0.25) is 4.79 Å². The van der Waals surface area contributed by atoms with E-state index in [1.54, 1.807) is 0 Å². The highest BCUT2D eigenvalue weighted by Gasteiger charge is 2.63. The van der Waals surface area contributed by atoms with Gasteiger partial charge in [0, 0.05) is 12.1 Å². The van der Waals surface area contributed by atoms with Crippen molar-refractivity contribution >= 4 is 26.0 Å². The maximum absolute atomic E-state index is 12.5. The molecule has 1 rings (SSSR count). The minimum Gasteiger partial charge on any atom is -0.265 e. The monoisotopic (exact) mass is 401 g/mol. The van der Waals surface area contributed by atoms with E-state index in [0.717, 1.165) is 12.4 Å². The minimum absolute atomic E-state index is 0.688. The zero-order valence-corrected chi connectivity index (χ0v) is 12.7. The largest absolute Gasteiger partial charge is 0.517 e. The molecule has 0 radical (unpaired) electrons. The molecule has 0 aromatic carbocycles. The standard InChI is InChI=1S/C9H7F6N2O5S2/c10-8(11,12)23(19,20)17(24(21,22)9(13,14)15)7(18)6-16-4-2-1-3-5-16/h1-5H,6H2/q+1. The van der Waals surface area contributed by atoms with Crippen molar-refractivity contribution in [1.29, 1.82) is 0 Å². The highest BCUT2D eigenvalue weighted by Crippen LogP contribution is 2.35. The molecular weight excluding hydrogens is 394 g/mol. The zero-order chi connectivity index (χ0) is 19.0. The number of sulfonamides is 2. The van der Waals surface area contributed by atoms with Crippen LogP contribution in [0.1, 0.15) is 0 Å². The van der Waals surface area contributed by atoms with Crippen LogP contribution in [0.2, 0.25) is 0 Å². The zero-order valence-electron chi connectivity index (χ0n) is 11.1. The fraction of sp³-hybridized carbons (Fsp3) is 0.333. The Bertz CT molecular complexity index is 772. The fourth-order valence-electron chi connectivity index (χ4n) is 1.34. The normalized spacial score (nSPS) is 13.6. The Hall–Kier alpha value is -1.90. The second-order valence-electron chi connectivity index (χ2n) is 4.04. The molecule has 24 heavy (non-hydrogen) atoms. The topological polar surface area (TPSA) is 92.5 Å². The highest BCUT2D eigenvalue weighted by molar-refractivity contribution is 8.05. The lowest BCUT2D eigenvalue weighted by molar-refractivity contribution is -0.684. The van der Waals surface area contributed by atoms with Gasteiger partial charge in [-0.25, -0.2) is 0 Å². The number of pyridine rings is 1. The SMILES string of the molecule is O=C(C[n+]1ccccc1)N(S(=O)(=O)C(F)(F)F)S(=O)(=O)C(F)(F)F. The lowest BCUT2D eigenvalue weighted by Crippen LogP contribution is -2.55. The Balaban J connectivity index is 3.49. The third-order valence-corrected chi connectivity index (χ3v) is 5.95. The first kappa shape index (κ1) is 20.1. The Morgan fingerprint density at radius 2 is 1.21 bits per heavy atom. The van der Waals surface area contributed by atoms with Gasteiger partial charge >= 0.3 is 37.0 Å². The molecule has 1 aromatic rings. The number of halogens is 6. The Morgan fingerprint density at radius 1 is 0.833 bits per heavy atom. The number of hydrogen-bond donors (Lipinski definition) is 0. The average Bonchev–Trinajstić information content (AvgIpc) is 2.36. The van der Waals surface area contributed by atoms with Crippen molar-refractivity contribution in [3.63, 3.8) is 0 Å². The molecule has 0 fully saturated rings. The van der Waals surface area contributed by atoms with Crippen LogP contribution in [0.15, 0.2) is 30.6 Å². The summed E-state index contributed by atoms with van der Waals surface area (Å²) in [6.45, 7) is -1.40.